The number of ether oxygens (including phenoxy) is 1. The van der Waals surface area contributed by atoms with Gasteiger partial charge in [-0.3, -0.25) is 0 Å². The minimum atomic E-state index is 0.114. The zero-order valence-corrected chi connectivity index (χ0v) is 8.66. The topological polar surface area (TPSA) is 55.5 Å². The Morgan fingerprint density at radius 3 is 2.71 bits per heavy atom. The summed E-state index contributed by atoms with van der Waals surface area (Å²) in [6.07, 6.45) is 0.779. The molecule has 0 saturated carbocycles. The van der Waals surface area contributed by atoms with E-state index in [1.54, 1.807) is 13.2 Å². The first-order valence-electron chi connectivity index (χ1n) is 4.68. The highest BCUT2D eigenvalue weighted by Gasteiger charge is 2.03. The van der Waals surface area contributed by atoms with Crippen LogP contribution in [0.2, 0.25) is 0 Å². The molecule has 14 heavy (non-hydrogen) atoms. The maximum Gasteiger partial charge on any atom is 0.121 e. The third-order valence-corrected chi connectivity index (χ3v) is 2.01. The number of benzene rings is 1. The third kappa shape index (κ3) is 3.01. The van der Waals surface area contributed by atoms with E-state index < -0.39 is 0 Å². The molecule has 3 nitrogen and oxygen atoms in total. The molecule has 1 aromatic rings. The number of methoxy groups -OCH3 is 1. The second kappa shape index (κ2) is 4.98. The predicted molar refractivity (Wildman–Crippen MR) is 56.2 cm³/mol. The first-order valence-corrected chi connectivity index (χ1v) is 4.68. The lowest BCUT2D eigenvalue weighted by atomic mass is 10.0. The first-order chi connectivity index (χ1) is 6.63. The van der Waals surface area contributed by atoms with E-state index in [-0.39, 0.29) is 11.8 Å². The van der Waals surface area contributed by atoms with Gasteiger partial charge >= 0.3 is 0 Å². The molecule has 0 aromatic heterocycles. The van der Waals surface area contributed by atoms with Gasteiger partial charge < -0.3 is 15.6 Å². The number of phenolic OH excluding ortho intramolecular Hbond substituents is 1. The van der Waals surface area contributed by atoms with E-state index in [4.69, 9.17) is 10.5 Å². The first kappa shape index (κ1) is 11.0. The molecule has 0 spiro atoms. The second-order valence-corrected chi connectivity index (χ2v) is 3.58. The van der Waals surface area contributed by atoms with Gasteiger partial charge in [-0.25, -0.2) is 0 Å². The molecule has 0 fully saturated rings. The van der Waals surface area contributed by atoms with Gasteiger partial charge in [0.05, 0.1) is 6.61 Å². The normalized spacial score (nSPS) is 12.8. The molecule has 0 heterocycles. The van der Waals surface area contributed by atoms with Crippen molar-refractivity contribution in [1.82, 2.24) is 0 Å². The minimum Gasteiger partial charge on any atom is -0.508 e. The van der Waals surface area contributed by atoms with Crippen LogP contribution in [-0.4, -0.2) is 18.3 Å². The van der Waals surface area contributed by atoms with Crippen LogP contribution in [0.5, 0.6) is 5.75 Å². The van der Waals surface area contributed by atoms with Crippen LogP contribution < -0.4 is 5.73 Å². The molecule has 1 atom stereocenters. The van der Waals surface area contributed by atoms with Crippen molar-refractivity contribution in [1.29, 1.82) is 0 Å². The Labute approximate surface area is 84.5 Å². The van der Waals surface area contributed by atoms with Crippen molar-refractivity contribution >= 4 is 0 Å². The van der Waals surface area contributed by atoms with Crippen molar-refractivity contribution in [2.75, 3.05) is 7.11 Å². The maximum atomic E-state index is 9.61. The van der Waals surface area contributed by atoms with E-state index >= 15 is 0 Å². The number of hydrogen-bond donors (Lipinski definition) is 2. The van der Waals surface area contributed by atoms with Crippen LogP contribution in [-0.2, 0) is 17.8 Å². The van der Waals surface area contributed by atoms with Crippen molar-refractivity contribution in [3.63, 3.8) is 0 Å². The lowest BCUT2D eigenvalue weighted by Gasteiger charge is -2.08. The summed E-state index contributed by atoms with van der Waals surface area (Å²) in [5.74, 6) is 0.282. The van der Waals surface area contributed by atoms with E-state index in [1.165, 1.54) is 0 Å². The fourth-order valence-corrected chi connectivity index (χ4v) is 1.39. The summed E-state index contributed by atoms with van der Waals surface area (Å²) in [6.45, 7) is 2.38. The van der Waals surface area contributed by atoms with E-state index in [1.807, 2.05) is 19.1 Å². The maximum absolute atomic E-state index is 9.61. The van der Waals surface area contributed by atoms with Gasteiger partial charge in [0, 0.05) is 18.7 Å². The summed E-state index contributed by atoms with van der Waals surface area (Å²) >= 11 is 0. The van der Waals surface area contributed by atoms with E-state index in [9.17, 15) is 5.11 Å². The van der Waals surface area contributed by atoms with Crippen LogP contribution in [0.4, 0.5) is 0 Å². The van der Waals surface area contributed by atoms with Crippen molar-refractivity contribution in [3.05, 3.63) is 29.3 Å². The summed E-state index contributed by atoms with van der Waals surface area (Å²) in [5.41, 5.74) is 7.52. The van der Waals surface area contributed by atoms with Gasteiger partial charge in [0.25, 0.3) is 0 Å². The summed E-state index contributed by atoms with van der Waals surface area (Å²) < 4.78 is 4.94. The lowest BCUT2D eigenvalue weighted by Crippen LogP contribution is -2.17. The molecule has 0 radical (unpaired) electrons. The molecule has 0 aliphatic carbocycles. The highest BCUT2D eigenvalue weighted by Crippen LogP contribution is 2.20. The van der Waals surface area contributed by atoms with Crippen LogP contribution in [0.15, 0.2) is 18.2 Å². The smallest absolute Gasteiger partial charge is 0.121 e. The van der Waals surface area contributed by atoms with Crippen LogP contribution in [0.1, 0.15) is 18.1 Å². The SMILES string of the molecule is COCc1ccc(CC(C)N)cc1O. The average Bonchev–Trinajstić information content (AvgIpc) is 2.09. The Balaban J connectivity index is 2.78. The monoisotopic (exact) mass is 195 g/mol. The Bertz CT molecular complexity index is 297. The van der Waals surface area contributed by atoms with Gasteiger partial charge in [-0.1, -0.05) is 12.1 Å². The Kier molecular flexibility index (Phi) is 3.92. The van der Waals surface area contributed by atoms with Gasteiger partial charge in [-0.05, 0) is 25.0 Å². The number of hydrogen-bond acceptors (Lipinski definition) is 3. The highest BCUT2D eigenvalue weighted by molar-refractivity contribution is 5.36. The van der Waals surface area contributed by atoms with Gasteiger partial charge in [0.1, 0.15) is 5.75 Å². The van der Waals surface area contributed by atoms with Gasteiger partial charge in [-0.15, -0.1) is 0 Å². The quantitative estimate of drug-likeness (QED) is 0.764. The van der Waals surface area contributed by atoms with Crippen molar-refractivity contribution in [2.45, 2.75) is 26.0 Å². The predicted octanol–water partition coefficient (Wildman–Crippen LogP) is 1.43. The molecule has 0 saturated heterocycles. The molecule has 1 aromatic carbocycles. The minimum absolute atomic E-state index is 0.114. The fourth-order valence-electron chi connectivity index (χ4n) is 1.39. The Hall–Kier alpha value is -1.06. The van der Waals surface area contributed by atoms with E-state index in [2.05, 4.69) is 0 Å². The fraction of sp³-hybridized carbons (Fsp3) is 0.455. The molecule has 0 amide bonds. The molecular formula is C11H17NO2. The van der Waals surface area contributed by atoms with Crippen molar-refractivity contribution in [3.8, 4) is 5.75 Å². The van der Waals surface area contributed by atoms with Gasteiger partial charge in [0.2, 0.25) is 0 Å². The molecule has 0 aliphatic rings. The summed E-state index contributed by atoms with van der Waals surface area (Å²) in [7, 11) is 1.61. The van der Waals surface area contributed by atoms with E-state index in [0.29, 0.717) is 6.61 Å². The number of rotatable bonds is 4. The van der Waals surface area contributed by atoms with Crippen LogP contribution >= 0.6 is 0 Å². The van der Waals surface area contributed by atoms with Crippen molar-refractivity contribution in [2.24, 2.45) is 5.73 Å². The third-order valence-electron chi connectivity index (χ3n) is 2.01. The molecule has 3 heteroatoms. The van der Waals surface area contributed by atoms with Gasteiger partial charge in [0.15, 0.2) is 0 Å². The second-order valence-electron chi connectivity index (χ2n) is 3.58. The largest absolute Gasteiger partial charge is 0.508 e. The molecule has 0 bridgehead atoms. The average molecular weight is 195 g/mol. The summed E-state index contributed by atoms with van der Waals surface area (Å²) in [5, 5.41) is 9.61. The standard InChI is InChI=1S/C11H17NO2/c1-8(12)5-9-3-4-10(7-14-2)11(13)6-9/h3-4,6,8,13H,5,7,12H2,1-2H3. The Morgan fingerprint density at radius 2 is 2.21 bits per heavy atom. The van der Waals surface area contributed by atoms with Crippen LogP contribution in [0.25, 0.3) is 0 Å². The molecule has 1 unspecified atom stereocenters. The molecule has 1 rings (SSSR count). The number of phenols is 1. The number of aromatic hydroxyl groups is 1. The molecule has 3 N–H and O–H groups in total. The van der Waals surface area contributed by atoms with Crippen LogP contribution in [0, 0.1) is 0 Å². The van der Waals surface area contributed by atoms with Crippen molar-refractivity contribution < 1.29 is 9.84 Å². The van der Waals surface area contributed by atoms with Crippen LogP contribution in [0.3, 0.4) is 0 Å². The molecule has 78 valence electrons. The Morgan fingerprint density at radius 1 is 1.50 bits per heavy atom. The summed E-state index contributed by atoms with van der Waals surface area (Å²) in [4.78, 5) is 0. The zero-order valence-electron chi connectivity index (χ0n) is 8.66. The lowest BCUT2D eigenvalue weighted by molar-refractivity contribution is 0.182. The van der Waals surface area contributed by atoms with E-state index in [0.717, 1.165) is 17.5 Å². The highest BCUT2D eigenvalue weighted by atomic mass is 16.5. The zero-order chi connectivity index (χ0) is 10.6. The van der Waals surface area contributed by atoms with Gasteiger partial charge in [-0.2, -0.15) is 0 Å². The number of nitrogens with two attached hydrogens (primary N) is 1. The molecular weight excluding hydrogens is 178 g/mol. The summed E-state index contributed by atoms with van der Waals surface area (Å²) in [6, 6.07) is 5.70. The molecule has 0 aliphatic heterocycles.